The first kappa shape index (κ1) is 18.7. The molecule has 0 aliphatic rings. The average Bonchev–Trinajstić information content (AvgIpc) is 3.08. The Morgan fingerprint density at radius 2 is 1.70 bits per heavy atom. The van der Waals surface area contributed by atoms with Crippen molar-refractivity contribution in [2.75, 3.05) is 6.61 Å². The maximum atomic E-state index is 11.8. The van der Waals surface area contributed by atoms with Crippen molar-refractivity contribution in [2.45, 2.75) is 19.3 Å². The highest BCUT2D eigenvalue weighted by Crippen LogP contribution is 2.22. The number of benzene rings is 2. The molecule has 0 saturated heterocycles. The van der Waals surface area contributed by atoms with Gasteiger partial charge in [-0.15, -0.1) is 11.3 Å². The van der Waals surface area contributed by atoms with E-state index in [1.54, 1.807) is 12.1 Å². The van der Waals surface area contributed by atoms with E-state index in [1.807, 2.05) is 42.5 Å². The molecule has 7 heteroatoms. The van der Waals surface area contributed by atoms with Crippen LogP contribution in [0.5, 0.6) is 0 Å². The van der Waals surface area contributed by atoms with Gasteiger partial charge in [0.25, 0.3) is 5.91 Å². The maximum Gasteiger partial charge on any atom is 0.306 e. The second-order valence-corrected chi connectivity index (χ2v) is 6.98. The Balaban J connectivity index is 1.38. The van der Waals surface area contributed by atoms with Crippen molar-refractivity contribution in [3.05, 3.63) is 65.2 Å². The van der Waals surface area contributed by atoms with Gasteiger partial charge in [0, 0.05) is 6.42 Å². The maximum absolute atomic E-state index is 11.8. The van der Waals surface area contributed by atoms with Crippen LogP contribution in [0.1, 0.15) is 17.0 Å². The molecule has 0 atom stereocenters. The zero-order valence-corrected chi connectivity index (χ0v) is 15.3. The monoisotopic (exact) mass is 382 g/mol. The summed E-state index contributed by atoms with van der Waals surface area (Å²) in [4.78, 5) is 39.8. The van der Waals surface area contributed by atoms with Gasteiger partial charge in [0.1, 0.15) is 0 Å². The van der Waals surface area contributed by atoms with Crippen molar-refractivity contribution in [3.8, 4) is 0 Å². The fraction of sp³-hybridized carbons (Fsp3) is 0.200. The summed E-state index contributed by atoms with van der Waals surface area (Å²) in [6, 6.07) is 16.8. The van der Waals surface area contributed by atoms with E-state index in [1.165, 1.54) is 11.3 Å². The Bertz CT molecular complexity index is 920. The van der Waals surface area contributed by atoms with Crippen LogP contribution in [0, 0.1) is 0 Å². The largest absolute Gasteiger partial charge is 0.456 e. The Labute approximate surface area is 160 Å². The number of fused-ring (bicyclic) bond motifs is 1. The molecule has 0 unspecified atom stereocenters. The SMILES string of the molecule is O=C(COC(=O)CCc1nc2ccccc2s1)NC(=O)Cc1ccccc1. The summed E-state index contributed by atoms with van der Waals surface area (Å²) in [5, 5.41) is 3.05. The number of esters is 1. The normalized spacial score (nSPS) is 10.5. The zero-order chi connectivity index (χ0) is 19.1. The number of aromatic nitrogens is 1. The highest BCUT2D eigenvalue weighted by molar-refractivity contribution is 7.18. The highest BCUT2D eigenvalue weighted by Gasteiger charge is 2.12. The molecular formula is C20H18N2O4S. The highest BCUT2D eigenvalue weighted by atomic mass is 32.1. The van der Waals surface area contributed by atoms with Crippen molar-refractivity contribution in [1.82, 2.24) is 10.3 Å². The van der Waals surface area contributed by atoms with Gasteiger partial charge in [-0.05, 0) is 17.7 Å². The first-order valence-electron chi connectivity index (χ1n) is 8.47. The summed E-state index contributed by atoms with van der Waals surface area (Å²) in [7, 11) is 0. The van der Waals surface area contributed by atoms with Gasteiger partial charge in [-0.3, -0.25) is 19.7 Å². The third-order valence-corrected chi connectivity index (χ3v) is 4.83. The third kappa shape index (κ3) is 5.72. The number of imide groups is 1. The van der Waals surface area contributed by atoms with Gasteiger partial charge < -0.3 is 4.74 Å². The molecule has 6 nitrogen and oxygen atoms in total. The summed E-state index contributed by atoms with van der Waals surface area (Å²) >= 11 is 1.53. The van der Waals surface area contributed by atoms with E-state index in [2.05, 4.69) is 10.3 Å². The lowest BCUT2D eigenvalue weighted by Crippen LogP contribution is -2.35. The molecule has 1 heterocycles. The molecule has 0 fully saturated rings. The number of aryl methyl sites for hydroxylation is 1. The number of thiazole rings is 1. The molecule has 1 N–H and O–H groups in total. The molecule has 3 rings (SSSR count). The minimum absolute atomic E-state index is 0.0954. The van der Waals surface area contributed by atoms with E-state index in [0.29, 0.717) is 6.42 Å². The van der Waals surface area contributed by atoms with Gasteiger partial charge in [0.15, 0.2) is 6.61 Å². The number of hydrogen-bond acceptors (Lipinski definition) is 6. The fourth-order valence-corrected chi connectivity index (χ4v) is 3.44. The molecule has 2 aromatic carbocycles. The fourth-order valence-electron chi connectivity index (χ4n) is 2.47. The molecule has 2 amide bonds. The quantitative estimate of drug-likeness (QED) is 0.635. The van der Waals surface area contributed by atoms with Crippen molar-refractivity contribution in [1.29, 1.82) is 0 Å². The van der Waals surface area contributed by atoms with Gasteiger partial charge in [0.2, 0.25) is 5.91 Å². The van der Waals surface area contributed by atoms with E-state index in [9.17, 15) is 14.4 Å². The standard InChI is InChI=1S/C20H18N2O4S/c23-17(12-14-6-2-1-3-7-14)22-18(24)13-26-20(25)11-10-19-21-15-8-4-5-9-16(15)27-19/h1-9H,10-13H2,(H,22,23,24). The second-order valence-electron chi connectivity index (χ2n) is 5.87. The minimum Gasteiger partial charge on any atom is -0.456 e. The topological polar surface area (TPSA) is 85.4 Å². The van der Waals surface area contributed by atoms with Gasteiger partial charge in [-0.25, -0.2) is 4.98 Å². The Hall–Kier alpha value is -3.06. The lowest BCUT2D eigenvalue weighted by Gasteiger charge is -2.05. The molecule has 0 spiro atoms. The molecular weight excluding hydrogens is 364 g/mol. The smallest absolute Gasteiger partial charge is 0.306 e. The number of carbonyl (C=O) groups excluding carboxylic acids is 3. The first-order valence-corrected chi connectivity index (χ1v) is 9.28. The van der Waals surface area contributed by atoms with Crippen molar-refractivity contribution < 1.29 is 19.1 Å². The zero-order valence-electron chi connectivity index (χ0n) is 14.5. The minimum atomic E-state index is -0.635. The van der Waals surface area contributed by atoms with Crippen LogP contribution in [-0.2, 0) is 32.0 Å². The third-order valence-electron chi connectivity index (χ3n) is 3.73. The molecule has 0 aliphatic carbocycles. The van der Waals surface area contributed by atoms with Crippen LogP contribution < -0.4 is 5.32 Å². The van der Waals surface area contributed by atoms with Crippen LogP contribution >= 0.6 is 11.3 Å². The summed E-state index contributed by atoms with van der Waals surface area (Å²) in [5.41, 5.74) is 1.71. The molecule has 0 radical (unpaired) electrons. The van der Waals surface area contributed by atoms with Crippen LogP contribution in [0.4, 0.5) is 0 Å². The van der Waals surface area contributed by atoms with Crippen molar-refractivity contribution in [2.24, 2.45) is 0 Å². The summed E-state index contributed by atoms with van der Waals surface area (Å²) in [6.07, 6.45) is 0.677. The van der Waals surface area contributed by atoms with Crippen LogP contribution in [0.15, 0.2) is 54.6 Å². The Morgan fingerprint density at radius 3 is 2.48 bits per heavy atom. The number of carbonyl (C=O) groups is 3. The van der Waals surface area contributed by atoms with Crippen LogP contribution in [0.3, 0.4) is 0 Å². The number of amides is 2. The van der Waals surface area contributed by atoms with Gasteiger partial charge >= 0.3 is 5.97 Å². The van der Waals surface area contributed by atoms with Crippen molar-refractivity contribution in [3.63, 3.8) is 0 Å². The van der Waals surface area contributed by atoms with E-state index in [4.69, 9.17) is 4.74 Å². The number of nitrogens with one attached hydrogen (secondary N) is 1. The number of hydrogen-bond donors (Lipinski definition) is 1. The summed E-state index contributed by atoms with van der Waals surface area (Å²) in [6.45, 7) is -0.473. The predicted molar refractivity (Wildman–Crippen MR) is 102 cm³/mol. The van der Waals surface area contributed by atoms with Crippen molar-refractivity contribution >= 4 is 39.3 Å². The molecule has 0 saturated carbocycles. The molecule has 0 aliphatic heterocycles. The number of para-hydroxylation sites is 1. The number of nitrogens with zero attached hydrogens (tertiary/aromatic N) is 1. The van der Waals surface area contributed by atoms with Crippen LogP contribution in [0.2, 0.25) is 0 Å². The van der Waals surface area contributed by atoms with Crippen LogP contribution in [-0.4, -0.2) is 29.4 Å². The molecule has 1 aromatic heterocycles. The Morgan fingerprint density at radius 1 is 0.963 bits per heavy atom. The summed E-state index contributed by atoms with van der Waals surface area (Å²) < 4.78 is 5.99. The molecule has 3 aromatic rings. The summed E-state index contributed by atoms with van der Waals surface area (Å²) in [5.74, 6) is -1.57. The van der Waals surface area contributed by atoms with Gasteiger partial charge in [-0.1, -0.05) is 42.5 Å². The van der Waals surface area contributed by atoms with E-state index in [0.717, 1.165) is 20.8 Å². The average molecular weight is 382 g/mol. The van der Waals surface area contributed by atoms with E-state index in [-0.39, 0.29) is 12.8 Å². The van der Waals surface area contributed by atoms with E-state index < -0.39 is 24.4 Å². The number of rotatable bonds is 7. The van der Waals surface area contributed by atoms with Crippen LogP contribution in [0.25, 0.3) is 10.2 Å². The Kier molecular flexibility index (Phi) is 6.27. The van der Waals surface area contributed by atoms with E-state index >= 15 is 0 Å². The van der Waals surface area contributed by atoms with Gasteiger partial charge in [0.05, 0.1) is 28.1 Å². The second kappa shape index (κ2) is 9.05. The molecule has 0 bridgehead atoms. The van der Waals surface area contributed by atoms with Gasteiger partial charge in [-0.2, -0.15) is 0 Å². The first-order chi connectivity index (χ1) is 13.1. The lowest BCUT2D eigenvalue weighted by atomic mass is 10.1. The number of ether oxygens (including phenoxy) is 1. The molecule has 138 valence electrons. The lowest BCUT2D eigenvalue weighted by molar-refractivity contribution is -0.149. The predicted octanol–water partition coefficient (Wildman–Crippen LogP) is 2.66. The molecule has 27 heavy (non-hydrogen) atoms.